The van der Waals surface area contributed by atoms with Crippen molar-refractivity contribution in [3.63, 3.8) is 0 Å². The standard InChI is InChI=1S/C12H16N4/c1-13-8-12(4-5-12)11-15-7-10(16-11)9-3-2-6-14-9/h2-3,6-7,13-14H,4-5,8H2,1H3,(H,15,16). The van der Waals surface area contributed by atoms with Gasteiger partial charge in [0.2, 0.25) is 0 Å². The van der Waals surface area contributed by atoms with Crippen LogP contribution in [0.5, 0.6) is 0 Å². The summed E-state index contributed by atoms with van der Waals surface area (Å²) < 4.78 is 0. The molecule has 16 heavy (non-hydrogen) atoms. The zero-order chi connectivity index (χ0) is 11.0. The fourth-order valence-electron chi connectivity index (χ4n) is 2.21. The van der Waals surface area contributed by atoms with Gasteiger partial charge in [0.1, 0.15) is 5.82 Å². The van der Waals surface area contributed by atoms with Gasteiger partial charge in [-0.1, -0.05) is 0 Å². The van der Waals surface area contributed by atoms with Crippen LogP contribution in [-0.2, 0) is 5.41 Å². The van der Waals surface area contributed by atoms with Gasteiger partial charge in [-0.2, -0.15) is 0 Å². The number of likely N-dealkylation sites (N-methyl/N-ethyl adjacent to an activating group) is 1. The summed E-state index contributed by atoms with van der Waals surface area (Å²) in [5, 5.41) is 3.25. The second kappa shape index (κ2) is 3.49. The first-order valence-corrected chi connectivity index (χ1v) is 5.68. The van der Waals surface area contributed by atoms with Crippen molar-refractivity contribution >= 4 is 0 Å². The Labute approximate surface area is 94.5 Å². The number of hydrogen-bond acceptors (Lipinski definition) is 2. The van der Waals surface area contributed by atoms with Crippen molar-refractivity contribution in [3.05, 3.63) is 30.4 Å². The molecule has 0 unspecified atom stereocenters. The van der Waals surface area contributed by atoms with E-state index in [1.165, 1.54) is 12.8 Å². The van der Waals surface area contributed by atoms with Gasteiger partial charge in [-0.3, -0.25) is 0 Å². The average Bonchev–Trinajstić information content (AvgIpc) is 2.76. The molecule has 2 heterocycles. The summed E-state index contributed by atoms with van der Waals surface area (Å²) in [5.74, 6) is 1.12. The molecule has 0 radical (unpaired) electrons. The molecule has 84 valence electrons. The highest BCUT2D eigenvalue weighted by atomic mass is 15.0. The monoisotopic (exact) mass is 216 g/mol. The van der Waals surface area contributed by atoms with E-state index < -0.39 is 0 Å². The molecule has 4 nitrogen and oxygen atoms in total. The summed E-state index contributed by atoms with van der Waals surface area (Å²) in [6, 6.07) is 4.05. The molecule has 2 aromatic heterocycles. The maximum atomic E-state index is 4.51. The number of aromatic amines is 2. The second-order valence-corrected chi connectivity index (χ2v) is 4.54. The zero-order valence-electron chi connectivity index (χ0n) is 9.38. The quantitative estimate of drug-likeness (QED) is 0.728. The van der Waals surface area contributed by atoms with Crippen LogP contribution in [0.1, 0.15) is 18.7 Å². The molecule has 0 atom stereocenters. The summed E-state index contributed by atoms with van der Waals surface area (Å²) in [5.41, 5.74) is 2.43. The van der Waals surface area contributed by atoms with Crippen LogP contribution in [-0.4, -0.2) is 28.5 Å². The van der Waals surface area contributed by atoms with Gasteiger partial charge < -0.3 is 15.3 Å². The van der Waals surface area contributed by atoms with Gasteiger partial charge in [-0.05, 0) is 32.0 Å². The smallest absolute Gasteiger partial charge is 0.114 e. The second-order valence-electron chi connectivity index (χ2n) is 4.54. The first-order chi connectivity index (χ1) is 7.84. The fraction of sp³-hybridized carbons (Fsp3) is 0.417. The maximum absolute atomic E-state index is 4.51. The van der Waals surface area contributed by atoms with E-state index in [2.05, 4.69) is 26.3 Å². The summed E-state index contributed by atoms with van der Waals surface area (Å²) >= 11 is 0. The van der Waals surface area contributed by atoms with Gasteiger partial charge in [-0.15, -0.1) is 0 Å². The molecule has 1 saturated carbocycles. The van der Waals surface area contributed by atoms with Crippen LogP contribution < -0.4 is 5.32 Å². The third-order valence-electron chi connectivity index (χ3n) is 3.33. The van der Waals surface area contributed by atoms with Crippen LogP contribution in [0.25, 0.3) is 11.4 Å². The molecule has 1 fully saturated rings. The lowest BCUT2D eigenvalue weighted by molar-refractivity contribution is 0.594. The highest BCUT2D eigenvalue weighted by molar-refractivity contribution is 5.53. The van der Waals surface area contributed by atoms with Crippen molar-refractivity contribution < 1.29 is 0 Å². The van der Waals surface area contributed by atoms with E-state index >= 15 is 0 Å². The van der Waals surface area contributed by atoms with E-state index in [-0.39, 0.29) is 5.41 Å². The molecule has 0 spiro atoms. The normalized spacial score (nSPS) is 17.6. The zero-order valence-corrected chi connectivity index (χ0v) is 9.38. The van der Waals surface area contributed by atoms with Crippen LogP contribution in [0.3, 0.4) is 0 Å². The maximum Gasteiger partial charge on any atom is 0.114 e. The third-order valence-corrected chi connectivity index (χ3v) is 3.33. The number of nitrogens with zero attached hydrogens (tertiary/aromatic N) is 1. The number of nitrogens with one attached hydrogen (secondary N) is 3. The van der Waals surface area contributed by atoms with Crippen LogP contribution in [0.15, 0.2) is 24.5 Å². The van der Waals surface area contributed by atoms with Gasteiger partial charge in [0.15, 0.2) is 0 Å². The van der Waals surface area contributed by atoms with E-state index in [0.29, 0.717) is 0 Å². The Bertz CT molecular complexity index is 465. The Balaban J connectivity index is 1.88. The van der Waals surface area contributed by atoms with Crippen molar-refractivity contribution in [3.8, 4) is 11.4 Å². The van der Waals surface area contributed by atoms with E-state index in [9.17, 15) is 0 Å². The van der Waals surface area contributed by atoms with E-state index in [4.69, 9.17) is 0 Å². The molecular weight excluding hydrogens is 200 g/mol. The van der Waals surface area contributed by atoms with E-state index in [1.807, 2.05) is 25.5 Å². The van der Waals surface area contributed by atoms with Gasteiger partial charge in [0.25, 0.3) is 0 Å². The lowest BCUT2D eigenvalue weighted by Crippen LogP contribution is -2.24. The molecule has 0 amide bonds. The molecule has 4 heteroatoms. The van der Waals surface area contributed by atoms with Gasteiger partial charge in [0, 0.05) is 18.2 Å². The minimum absolute atomic E-state index is 0.263. The van der Waals surface area contributed by atoms with Gasteiger partial charge in [-0.25, -0.2) is 4.98 Å². The SMILES string of the molecule is CNCC1(c2ncc(-c3ccc[nH]3)[nH]2)CC1. The Morgan fingerprint density at radius 1 is 1.44 bits per heavy atom. The number of hydrogen-bond donors (Lipinski definition) is 3. The number of imidazole rings is 1. The first kappa shape index (κ1) is 9.66. The lowest BCUT2D eigenvalue weighted by Gasteiger charge is -2.10. The van der Waals surface area contributed by atoms with Crippen molar-refractivity contribution in [2.24, 2.45) is 0 Å². The fourth-order valence-corrected chi connectivity index (χ4v) is 2.21. The molecule has 0 bridgehead atoms. The predicted molar refractivity (Wildman–Crippen MR) is 63.2 cm³/mol. The van der Waals surface area contributed by atoms with Crippen LogP contribution in [0.2, 0.25) is 0 Å². The Morgan fingerprint density at radius 2 is 2.31 bits per heavy atom. The average molecular weight is 216 g/mol. The number of rotatable bonds is 4. The van der Waals surface area contributed by atoms with E-state index in [0.717, 1.165) is 23.8 Å². The van der Waals surface area contributed by atoms with Crippen molar-refractivity contribution in [1.29, 1.82) is 0 Å². The van der Waals surface area contributed by atoms with Crippen molar-refractivity contribution in [2.45, 2.75) is 18.3 Å². The molecule has 0 aliphatic heterocycles. The minimum Gasteiger partial charge on any atom is -0.360 e. The molecule has 0 aromatic carbocycles. The topological polar surface area (TPSA) is 56.5 Å². The van der Waals surface area contributed by atoms with Crippen LogP contribution >= 0.6 is 0 Å². The third kappa shape index (κ3) is 1.46. The summed E-state index contributed by atoms with van der Waals surface area (Å²) in [6.07, 6.45) is 6.30. The molecule has 3 rings (SSSR count). The lowest BCUT2D eigenvalue weighted by atomic mass is 10.1. The molecule has 2 aromatic rings. The van der Waals surface area contributed by atoms with Crippen LogP contribution in [0, 0.1) is 0 Å². The molecule has 0 saturated heterocycles. The van der Waals surface area contributed by atoms with E-state index in [1.54, 1.807) is 0 Å². The largest absolute Gasteiger partial charge is 0.360 e. The number of H-pyrrole nitrogens is 2. The highest BCUT2D eigenvalue weighted by Crippen LogP contribution is 2.46. The minimum atomic E-state index is 0.263. The molecule has 3 N–H and O–H groups in total. The first-order valence-electron chi connectivity index (χ1n) is 5.68. The van der Waals surface area contributed by atoms with Crippen molar-refractivity contribution in [2.75, 3.05) is 13.6 Å². The summed E-state index contributed by atoms with van der Waals surface area (Å²) in [6.45, 7) is 1.00. The Kier molecular flexibility index (Phi) is 2.11. The summed E-state index contributed by atoms with van der Waals surface area (Å²) in [4.78, 5) is 11.1. The van der Waals surface area contributed by atoms with Crippen molar-refractivity contribution in [1.82, 2.24) is 20.3 Å². The molecule has 1 aliphatic rings. The highest BCUT2D eigenvalue weighted by Gasteiger charge is 2.46. The van der Waals surface area contributed by atoms with Gasteiger partial charge >= 0.3 is 0 Å². The van der Waals surface area contributed by atoms with Crippen LogP contribution in [0.4, 0.5) is 0 Å². The summed E-state index contributed by atoms with van der Waals surface area (Å²) in [7, 11) is 1.99. The Hall–Kier alpha value is -1.55. The van der Waals surface area contributed by atoms with Gasteiger partial charge in [0.05, 0.1) is 17.6 Å². The molecular formula is C12H16N4. The Morgan fingerprint density at radius 3 is 2.94 bits per heavy atom. The predicted octanol–water partition coefficient (Wildman–Crippen LogP) is 1.66. The number of aromatic nitrogens is 3. The molecule has 1 aliphatic carbocycles.